The van der Waals surface area contributed by atoms with E-state index in [0.717, 1.165) is 43.0 Å². The molecule has 124 valence electrons. The lowest BCUT2D eigenvalue weighted by molar-refractivity contribution is -0.135. The fraction of sp³-hybridized carbons (Fsp3) is 0.412. The van der Waals surface area contributed by atoms with E-state index in [1.54, 1.807) is 16.9 Å². The highest BCUT2D eigenvalue weighted by Crippen LogP contribution is 2.30. The first-order valence-corrected chi connectivity index (χ1v) is 8.30. The van der Waals surface area contributed by atoms with Gasteiger partial charge in [0.25, 0.3) is 0 Å². The highest BCUT2D eigenvalue weighted by atomic mass is 16.2. The fourth-order valence-electron chi connectivity index (χ4n) is 3.36. The van der Waals surface area contributed by atoms with Gasteiger partial charge in [-0.25, -0.2) is 14.5 Å². The van der Waals surface area contributed by atoms with Crippen LogP contribution in [0, 0.1) is 6.92 Å². The third-order valence-electron chi connectivity index (χ3n) is 4.67. The van der Waals surface area contributed by atoms with Gasteiger partial charge in [-0.15, -0.1) is 0 Å². The molecule has 1 atom stereocenters. The number of piperidine rings is 1. The normalized spacial score (nSPS) is 18.2. The van der Waals surface area contributed by atoms with Crippen LogP contribution in [-0.4, -0.2) is 41.5 Å². The van der Waals surface area contributed by atoms with Crippen molar-refractivity contribution < 1.29 is 4.79 Å². The summed E-state index contributed by atoms with van der Waals surface area (Å²) in [6.45, 7) is 3.02. The number of hydrogen-bond donors (Lipinski definition) is 0. The van der Waals surface area contributed by atoms with Gasteiger partial charge in [-0.1, -0.05) is 0 Å². The number of carbonyl (C=O) groups excluding carboxylic acids is 1. The van der Waals surface area contributed by atoms with Crippen LogP contribution in [0.15, 0.2) is 36.9 Å². The molecule has 0 saturated carbocycles. The van der Waals surface area contributed by atoms with E-state index in [2.05, 4.69) is 10.1 Å². The minimum Gasteiger partial charge on any atom is -0.333 e. The number of aromatic nitrogens is 5. The van der Waals surface area contributed by atoms with E-state index in [1.165, 1.54) is 0 Å². The monoisotopic (exact) mass is 324 g/mol. The van der Waals surface area contributed by atoms with Crippen LogP contribution < -0.4 is 0 Å². The average Bonchev–Trinajstić information content (AvgIpc) is 3.23. The summed E-state index contributed by atoms with van der Waals surface area (Å²) in [5.74, 6) is 0.978. The highest BCUT2D eigenvalue weighted by molar-refractivity contribution is 5.76. The summed E-state index contributed by atoms with van der Waals surface area (Å²) in [5, 5.41) is 4.18. The molecule has 3 aromatic rings. The van der Waals surface area contributed by atoms with Crippen molar-refractivity contribution in [3.05, 3.63) is 48.4 Å². The van der Waals surface area contributed by atoms with Gasteiger partial charge >= 0.3 is 0 Å². The predicted molar refractivity (Wildman–Crippen MR) is 88.3 cm³/mol. The maximum absolute atomic E-state index is 12.8. The van der Waals surface area contributed by atoms with Crippen LogP contribution in [0.5, 0.6) is 0 Å². The molecule has 0 aliphatic carbocycles. The summed E-state index contributed by atoms with van der Waals surface area (Å²) >= 11 is 0. The number of amides is 1. The molecular formula is C17H20N6O. The summed E-state index contributed by atoms with van der Waals surface area (Å²) in [6, 6.07) is 3.89. The van der Waals surface area contributed by atoms with Crippen LogP contribution in [0.2, 0.25) is 0 Å². The Hall–Kier alpha value is -2.70. The molecule has 1 aliphatic rings. The predicted octanol–water partition coefficient (Wildman–Crippen LogP) is 1.99. The molecule has 1 fully saturated rings. The van der Waals surface area contributed by atoms with Gasteiger partial charge in [0.15, 0.2) is 5.65 Å². The molecule has 7 heteroatoms. The van der Waals surface area contributed by atoms with Crippen LogP contribution >= 0.6 is 0 Å². The van der Waals surface area contributed by atoms with Crippen LogP contribution in [-0.2, 0) is 11.3 Å². The third-order valence-corrected chi connectivity index (χ3v) is 4.67. The number of carbonyl (C=O) groups is 1. The maximum Gasteiger partial charge on any atom is 0.243 e. The highest BCUT2D eigenvalue weighted by Gasteiger charge is 2.29. The number of hydrogen-bond acceptors (Lipinski definition) is 4. The van der Waals surface area contributed by atoms with Gasteiger partial charge in [-0.05, 0) is 32.3 Å². The van der Waals surface area contributed by atoms with Gasteiger partial charge < -0.3 is 9.47 Å². The van der Waals surface area contributed by atoms with E-state index in [9.17, 15) is 4.79 Å². The fourth-order valence-corrected chi connectivity index (χ4v) is 3.36. The number of likely N-dealkylation sites (tertiary alicyclic amines) is 1. The standard InChI is InChI=1S/C17H20N6O/c1-13-18-8-11-21(13)12-17(24)22-9-3-2-4-15(22)14-6-10-23-16(20-14)5-7-19-23/h5-8,10-11,15H,2-4,9,12H2,1H3. The molecule has 1 amide bonds. The number of fused-ring (bicyclic) bond motifs is 1. The number of rotatable bonds is 3. The van der Waals surface area contributed by atoms with Gasteiger partial charge in [0.1, 0.15) is 12.4 Å². The average molecular weight is 324 g/mol. The summed E-state index contributed by atoms with van der Waals surface area (Å²) in [5.41, 5.74) is 1.76. The number of nitrogens with zero attached hydrogens (tertiary/aromatic N) is 6. The SMILES string of the molecule is Cc1nccn1CC(=O)N1CCCCC1c1ccn2nccc2n1. The Balaban J connectivity index is 1.60. The molecule has 4 heterocycles. The molecule has 0 spiro atoms. The van der Waals surface area contributed by atoms with Gasteiger partial charge in [0.2, 0.25) is 5.91 Å². The summed E-state index contributed by atoms with van der Waals surface area (Å²) < 4.78 is 3.63. The Labute approximate surface area is 139 Å². The number of aryl methyl sites for hydroxylation is 1. The van der Waals surface area contributed by atoms with Crippen LogP contribution in [0.1, 0.15) is 36.8 Å². The van der Waals surface area contributed by atoms with Gasteiger partial charge in [-0.3, -0.25) is 4.79 Å². The molecule has 0 aromatic carbocycles. The topological polar surface area (TPSA) is 68.3 Å². The zero-order chi connectivity index (χ0) is 16.5. The minimum absolute atomic E-state index is 0.0370. The van der Waals surface area contributed by atoms with E-state index in [-0.39, 0.29) is 11.9 Å². The largest absolute Gasteiger partial charge is 0.333 e. The van der Waals surface area contributed by atoms with E-state index in [1.807, 2.05) is 40.9 Å². The van der Waals surface area contributed by atoms with Gasteiger partial charge in [0, 0.05) is 31.2 Å². The molecule has 24 heavy (non-hydrogen) atoms. The van der Waals surface area contributed by atoms with Gasteiger partial charge in [0.05, 0.1) is 17.9 Å². The Morgan fingerprint density at radius 1 is 1.25 bits per heavy atom. The molecule has 4 rings (SSSR count). The van der Waals surface area contributed by atoms with Crippen molar-refractivity contribution in [1.82, 2.24) is 29.0 Å². The van der Waals surface area contributed by atoms with E-state index >= 15 is 0 Å². The quantitative estimate of drug-likeness (QED) is 0.739. The van der Waals surface area contributed by atoms with Crippen LogP contribution in [0.4, 0.5) is 0 Å². The Bertz CT molecular complexity index is 867. The minimum atomic E-state index is 0.0370. The molecule has 1 aliphatic heterocycles. The van der Waals surface area contributed by atoms with Crippen LogP contribution in [0.3, 0.4) is 0 Å². The molecule has 3 aromatic heterocycles. The first kappa shape index (κ1) is 14.9. The van der Waals surface area contributed by atoms with Crippen molar-refractivity contribution in [2.45, 2.75) is 38.8 Å². The second-order valence-corrected chi connectivity index (χ2v) is 6.19. The molecule has 0 radical (unpaired) electrons. The Morgan fingerprint density at radius 2 is 2.17 bits per heavy atom. The van der Waals surface area contributed by atoms with Crippen molar-refractivity contribution in [2.24, 2.45) is 0 Å². The maximum atomic E-state index is 12.8. The molecule has 1 unspecified atom stereocenters. The van der Waals surface area contributed by atoms with Crippen molar-refractivity contribution in [3.63, 3.8) is 0 Å². The zero-order valence-electron chi connectivity index (χ0n) is 13.7. The van der Waals surface area contributed by atoms with Crippen molar-refractivity contribution in [1.29, 1.82) is 0 Å². The Kier molecular flexibility index (Phi) is 3.76. The summed E-state index contributed by atoms with van der Waals surface area (Å²) in [6.07, 6.45) is 10.3. The van der Waals surface area contributed by atoms with Crippen molar-refractivity contribution >= 4 is 11.6 Å². The third kappa shape index (κ3) is 2.66. The smallest absolute Gasteiger partial charge is 0.243 e. The van der Waals surface area contributed by atoms with E-state index in [4.69, 9.17) is 4.98 Å². The lowest BCUT2D eigenvalue weighted by Gasteiger charge is -2.35. The number of imidazole rings is 1. The first-order chi connectivity index (χ1) is 11.7. The zero-order valence-corrected chi connectivity index (χ0v) is 13.7. The summed E-state index contributed by atoms with van der Waals surface area (Å²) in [7, 11) is 0. The molecule has 7 nitrogen and oxygen atoms in total. The Morgan fingerprint density at radius 3 is 3.00 bits per heavy atom. The molecule has 0 N–H and O–H groups in total. The lowest BCUT2D eigenvalue weighted by atomic mass is 9.99. The van der Waals surface area contributed by atoms with E-state index in [0.29, 0.717) is 6.54 Å². The van der Waals surface area contributed by atoms with E-state index < -0.39 is 0 Å². The lowest BCUT2D eigenvalue weighted by Crippen LogP contribution is -2.40. The van der Waals surface area contributed by atoms with Gasteiger partial charge in [-0.2, -0.15) is 5.10 Å². The van der Waals surface area contributed by atoms with Crippen LogP contribution in [0.25, 0.3) is 5.65 Å². The second-order valence-electron chi connectivity index (χ2n) is 6.19. The van der Waals surface area contributed by atoms with Crippen molar-refractivity contribution in [2.75, 3.05) is 6.54 Å². The first-order valence-electron chi connectivity index (χ1n) is 8.30. The molecule has 0 bridgehead atoms. The second kappa shape index (κ2) is 6.07. The summed E-state index contributed by atoms with van der Waals surface area (Å²) in [4.78, 5) is 23.7. The molecular weight excluding hydrogens is 304 g/mol. The molecule has 1 saturated heterocycles. The van der Waals surface area contributed by atoms with Crippen molar-refractivity contribution in [3.8, 4) is 0 Å².